The van der Waals surface area contributed by atoms with Crippen LogP contribution in [-0.4, -0.2) is 58.0 Å². The van der Waals surface area contributed by atoms with Crippen LogP contribution in [0.4, 0.5) is 16.2 Å². The molecule has 0 spiro atoms. The maximum Gasteiger partial charge on any atom is 0.321 e. The summed E-state index contributed by atoms with van der Waals surface area (Å²) in [4.78, 5) is 28.7. The number of piperidine rings is 1. The molecule has 3 amide bonds. The lowest BCUT2D eigenvalue weighted by Crippen LogP contribution is -2.54. The Hall–Kier alpha value is -3.15. The zero-order chi connectivity index (χ0) is 30.8. The molecular weight excluding hydrogens is 609 g/mol. The minimum Gasteiger partial charge on any atom is -0.325 e. The highest BCUT2D eigenvalue weighted by Gasteiger charge is 2.57. The Balaban J connectivity index is 1.57. The number of urea groups is 1. The van der Waals surface area contributed by atoms with Gasteiger partial charge in [0.1, 0.15) is 0 Å². The zero-order valence-electron chi connectivity index (χ0n) is 24.1. The first-order valence-corrected chi connectivity index (χ1v) is 16.6. The van der Waals surface area contributed by atoms with Crippen LogP contribution >= 0.6 is 23.2 Å². The second-order valence-electron chi connectivity index (χ2n) is 10.7. The molecule has 1 atom stereocenters. The van der Waals surface area contributed by atoms with Crippen molar-refractivity contribution in [3.05, 3.63) is 87.9 Å². The van der Waals surface area contributed by atoms with E-state index >= 15 is 0 Å². The number of nitrogens with zero attached hydrogens (tertiary/aromatic N) is 2. The van der Waals surface area contributed by atoms with Crippen molar-refractivity contribution in [2.45, 2.75) is 37.1 Å². The van der Waals surface area contributed by atoms with Crippen LogP contribution in [0, 0.1) is 5.92 Å². The number of carbonyl (C=O) groups excluding carboxylic acids is 2. The van der Waals surface area contributed by atoms with E-state index in [4.69, 9.17) is 23.2 Å². The molecule has 1 saturated heterocycles. The monoisotopic (exact) mass is 643 g/mol. The third-order valence-electron chi connectivity index (χ3n) is 8.17. The molecule has 0 aromatic heterocycles. The lowest BCUT2D eigenvalue weighted by Gasteiger charge is -2.34. The summed E-state index contributed by atoms with van der Waals surface area (Å²) in [6.07, 6.45) is 1.84. The van der Waals surface area contributed by atoms with Gasteiger partial charge in [0.05, 0.1) is 10.6 Å². The SMILES string of the molecule is CCN(CC)C(=O)Nc1ccc(S(=O)(=O)N2C(=O)C(NCC3CCNCC3)(c3ccccc3Cl)c3cc(Cl)ccc32)cc1. The lowest BCUT2D eigenvalue weighted by molar-refractivity contribution is -0.121. The standard InChI is InChI=1S/C31H35Cl2N5O4S/c1-3-37(4-2)30(40)36-23-10-12-24(13-11-23)43(41,42)38-28-14-9-22(32)19-26(28)31(29(38)39,25-7-5-6-8-27(25)33)35-20-21-15-17-34-18-16-21/h5-14,19,21,34-35H,3-4,15-18,20H2,1-2H3,(H,36,40). The highest BCUT2D eigenvalue weighted by Crippen LogP contribution is 2.49. The van der Waals surface area contributed by atoms with E-state index in [-0.39, 0.29) is 22.5 Å². The summed E-state index contributed by atoms with van der Waals surface area (Å²) in [5.41, 5.74) is -0.0883. The molecule has 9 nitrogen and oxygen atoms in total. The number of hydrogen-bond donors (Lipinski definition) is 3. The van der Waals surface area contributed by atoms with Crippen LogP contribution in [0.25, 0.3) is 0 Å². The third-order valence-corrected chi connectivity index (χ3v) is 10.4. The lowest BCUT2D eigenvalue weighted by atomic mass is 9.82. The topological polar surface area (TPSA) is 111 Å². The predicted octanol–water partition coefficient (Wildman–Crippen LogP) is 5.44. The zero-order valence-corrected chi connectivity index (χ0v) is 26.4. The second kappa shape index (κ2) is 12.8. The highest BCUT2D eigenvalue weighted by molar-refractivity contribution is 7.93. The Kier molecular flexibility index (Phi) is 9.34. The minimum atomic E-state index is -4.40. The smallest absolute Gasteiger partial charge is 0.321 e. The van der Waals surface area contributed by atoms with Crippen molar-refractivity contribution in [3.63, 3.8) is 0 Å². The first-order valence-electron chi connectivity index (χ1n) is 14.4. The molecular formula is C31H35Cl2N5O4S. The van der Waals surface area contributed by atoms with Crippen LogP contribution in [0.3, 0.4) is 0 Å². The normalized spacial score (nSPS) is 18.9. The van der Waals surface area contributed by atoms with Gasteiger partial charge in [-0.2, -0.15) is 0 Å². The van der Waals surface area contributed by atoms with Gasteiger partial charge in [-0.05, 0) is 101 Å². The summed E-state index contributed by atoms with van der Waals surface area (Å²) in [6, 6.07) is 17.2. The fourth-order valence-corrected chi connectivity index (χ4v) is 7.72. The molecule has 3 aromatic rings. The molecule has 2 aliphatic heterocycles. The van der Waals surface area contributed by atoms with E-state index in [0.717, 1.165) is 30.2 Å². The van der Waals surface area contributed by atoms with Crippen LogP contribution in [0.15, 0.2) is 71.6 Å². The number of fused-ring (bicyclic) bond motifs is 1. The van der Waals surface area contributed by atoms with E-state index in [0.29, 0.717) is 46.5 Å². The summed E-state index contributed by atoms with van der Waals surface area (Å²) in [5, 5.41) is 10.3. The molecule has 0 saturated carbocycles. The maximum absolute atomic E-state index is 14.7. The first-order chi connectivity index (χ1) is 20.6. The summed E-state index contributed by atoms with van der Waals surface area (Å²) in [5.74, 6) is -0.411. The largest absolute Gasteiger partial charge is 0.325 e. The third kappa shape index (κ3) is 5.86. The minimum absolute atomic E-state index is 0.101. The van der Waals surface area contributed by atoms with E-state index < -0.39 is 21.5 Å². The second-order valence-corrected chi connectivity index (χ2v) is 13.3. The Bertz CT molecular complexity index is 1610. The number of nitrogens with one attached hydrogen (secondary N) is 3. The molecule has 2 aliphatic rings. The van der Waals surface area contributed by atoms with Crippen LogP contribution in [-0.2, 0) is 20.4 Å². The Morgan fingerprint density at radius 2 is 1.67 bits per heavy atom. The van der Waals surface area contributed by atoms with Crippen molar-refractivity contribution in [2.75, 3.05) is 42.3 Å². The molecule has 1 fully saturated rings. The quantitative estimate of drug-likeness (QED) is 0.287. The van der Waals surface area contributed by atoms with E-state index in [1.165, 1.54) is 24.3 Å². The van der Waals surface area contributed by atoms with Crippen molar-refractivity contribution in [2.24, 2.45) is 5.92 Å². The average molecular weight is 645 g/mol. The van der Waals surface area contributed by atoms with Gasteiger partial charge >= 0.3 is 6.03 Å². The number of carbonyl (C=O) groups is 2. The van der Waals surface area contributed by atoms with Crippen LogP contribution in [0.2, 0.25) is 10.0 Å². The number of sulfonamides is 1. The van der Waals surface area contributed by atoms with Crippen molar-refractivity contribution < 1.29 is 18.0 Å². The molecule has 1 unspecified atom stereocenters. The summed E-state index contributed by atoms with van der Waals surface area (Å²) in [6.45, 7) is 7.03. The Morgan fingerprint density at radius 3 is 2.33 bits per heavy atom. The van der Waals surface area contributed by atoms with Gasteiger partial charge < -0.3 is 15.5 Å². The number of benzene rings is 3. The number of anilines is 2. The van der Waals surface area contributed by atoms with Crippen LogP contribution < -0.4 is 20.3 Å². The van der Waals surface area contributed by atoms with E-state index in [1.54, 1.807) is 47.4 Å². The Morgan fingerprint density at radius 1 is 1.00 bits per heavy atom. The van der Waals surface area contributed by atoms with Gasteiger partial charge in [0.15, 0.2) is 5.54 Å². The van der Waals surface area contributed by atoms with Gasteiger partial charge in [0, 0.05) is 39.9 Å². The molecule has 43 heavy (non-hydrogen) atoms. The number of amides is 3. The van der Waals surface area contributed by atoms with Gasteiger partial charge in [-0.3, -0.25) is 10.1 Å². The van der Waals surface area contributed by atoms with Crippen LogP contribution in [0.1, 0.15) is 37.8 Å². The molecule has 3 aromatic carbocycles. The number of rotatable bonds is 9. The van der Waals surface area contributed by atoms with Gasteiger partial charge in [0.25, 0.3) is 15.9 Å². The van der Waals surface area contributed by atoms with Crippen molar-refractivity contribution in [1.29, 1.82) is 0 Å². The van der Waals surface area contributed by atoms with Crippen molar-refractivity contribution in [3.8, 4) is 0 Å². The Labute approximate surface area is 262 Å². The maximum atomic E-state index is 14.7. The fourth-order valence-electron chi connectivity index (χ4n) is 5.81. The number of halogens is 2. The fraction of sp³-hybridized carbons (Fsp3) is 0.355. The van der Waals surface area contributed by atoms with Gasteiger partial charge in [-0.25, -0.2) is 17.5 Å². The van der Waals surface area contributed by atoms with Crippen molar-refractivity contribution in [1.82, 2.24) is 15.5 Å². The van der Waals surface area contributed by atoms with Gasteiger partial charge in [-0.15, -0.1) is 0 Å². The number of hydrogen-bond acceptors (Lipinski definition) is 6. The molecule has 0 bridgehead atoms. The summed E-state index contributed by atoms with van der Waals surface area (Å²) in [7, 11) is -4.40. The predicted molar refractivity (Wildman–Crippen MR) is 170 cm³/mol. The first kappa shape index (κ1) is 31.3. The molecule has 3 N–H and O–H groups in total. The molecule has 2 heterocycles. The molecule has 12 heteroatoms. The highest BCUT2D eigenvalue weighted by atomic mass is 35.5. The molecule has 5 rings (SSSR count). The van der Waals surface area contributed by atoms with Gasteiger partial charge in [0.2, 0.25) is 0 Å². The van der Waals surface area contributed by atoms with E-state index in [9.17, 15) is 18.0 Å². The van der Waals surface area contributed by atoms with Gasteiger partial charge in [-0.1, -0.05) is 41.4 Å². The van der Waals surface area contributed by atoms with Crippen LogP contribution in [0.5, 0.6) is 0 Å². The van der Waals surface area contributed by atoms with E-state index in [1.807, 2.05) is 13.8 Å². The summed E-state index contributed by atoms with van der Waals surface area (Å²) >= 11 is 13.2. The molecule has 0 aliphatic carbocycles. The average Bonchev–Trinajstić information content (AvgIpc) is 3.25. The van der Waals surface area contributed by atoms with Crippen molar-refractivity contribution >= 4 is 56.5 Å². The molecule has 0 radical (unpaired) electrons. The molecule has 228 valence electrons. The summed E-state index contributed by atoms with van der Waals surface area (Å²) < 4.78 is 29.3. The van der Waals surface area contributed by atoms with E-state index in [2.05, 4.69) is 16.0 Å².